The third-order valence-corrected chi connectivity index (χ3v) is 4.93. The summed E-state index contributed by atoms with van der Waals surface area (Å²) in [7, 11) is 0. The van der Waals surface area contributed by atoms with Crippen molar-refractivity contribution in [1.29, 1.82) is 0 Å². The van der Waals surface area contributed by atoms with Crippen molar-refractivity contribution in [2.75, 3.05) is 19.0 Å². The molecule has 0 aromatic rings. The van der Waals surface area contributed by atoms with Crippen molar-refractivity contribution in [2.45, 2.75) is 58.8 Å². The van der Waals surface area contributed by atoms with Crippen molar-refractivity contribution in [3.63, 3.8) is 0 Å². The van der Waals surface area contributed by atoms with Crippen LogP contribution in [-0.2, 0) is 14.4 Å². The zero-order chi connectivity index (χ0) is 17.8. The topological polar surface area (TPSA) is 78.5 Å². The third kappa shape index (κ3) is 7.35. The van der Waals surface area contributed by atoms with E-state index in [2.05, 4.69) is 31.4 Å². The first-order valence-electron chi connectivity index (χ1n) is 7.86. The Hall–Kier alpha value is -1.08. The van der Waals surface area contributed by atoms with Crippen LogP contribution in [0.3, 0.4) is 0 Å². The Balaban J connectivity index is 2.46. The number of imide groups is 1. The number of likely N-dealkylation sites (tertiary alicyclic amines) is 1. The van der Waals surface area contributed by atoms with Gasteiger partial charge in [-0.15, -0.1) is 11.8 Å². The number of rotatable bonds is 6. The van der Waals surface area contributed by atoms with Gasteiger partial charge in [0, 0.05) is 12.0 Å². The summed E-state index contributed by atoms with van der Waals surface area (Å²) in [6.45, 7) is 12.4. The van der Waals surface area contributed by atoms with E-state index in [1.807, 2.05) is 20.8 Å². The molecule has 132 valence electrons. The average molecular weight is 343 g/mol. The summed E-state index contributed by atoms with van der Waals surface area (Å²) in [6, 6.07) is 0. The fourth-order valence-electron chi connectivity index (χ4n) is 1.91. The molecule has 1 heterocycles. The van der Waals surface area contributed by atoms with Gasteiger partial charge in [0.15, 0.2) is 0 Å². The minimum absolute atomic E-state index is 0.0947. The van der Waals surface area contributed by atoms with Gasteiger partial charge in [-0.1, -0.05) is 20.8 Å². The number of nitrogens with zero attached hydrogens (tertiary/aromatic N) is 1. The van der Waals surface area contributed by atoms with Crippen LogP contribution in [0.15, 0.2) is 0 Å². The van der Waals surface area contributed by atoms with Crippen LogP contribution >= 0.6 is 11.8 Å². The molecule has 1 aliphatic heterocycles. The molecule has 23 heavy (non-hydrogen) atoms. The molecule has 6 nitrogen and oxygen atoms in total. The van der Waals surface area contributed by atoms with Crippen LogP contribution in [0.1, 0.15) is 48.0 Å². The van der Waals surface area contributed by atoms with Crippen LogP contribution in [0.2, 0.25) is 0 Å². The third-order valence-electron chi connectivity index (χ3n) is 3.13. The van der Waals surface area contributed by atoms with Gasteiger partial charge in [0.05, 0.1) is 11.9 Å². The summed E-state index contributed by atoms with van der Waals surface area (Å²) >= 11 is 1.50. The van der Waals surface area contributed by atoms with Crippen molar-refractivity contribution in [2.24, 2.45) is 5.41 Å². The minimum Gasteiger partial charge on any atom is -0.342 e. The molecule has 0 bridgehead atoms. The highest BCUT2D eigenvalue weighted by Crippen LogP contribution is 2.30. The van der Waals surface area contributed by atoms with E-state index in [-0.39, 0.29) is 46.9 Å². The Bertz CT molecular complexity index is 466. The Labute approximate surface area is 143 Å². The van der Waals surface area contributed by atoms with E-state index in [1.165, 1.54) is 11.8 Å². The molecule has 1 saturated heterocycles. The number of amides is 3. The van der Waals surface area contributed by atoms with Crippen molar-refractivity contribution in [3.05, 3.63) is 0 Å². The van der Waals surface area contributed by atoms with Gasteiger partial charge in [0.2, 0.25) is 17.7 Å². The van der Waals surface area contributed by atoms with Crippen molar-refractivity contribution < 1.29 is 14.4 Å². The van der Waals surface area contributed by atoms with Crippen LogP contribution < -0.4 is 10.6 Å². The molecule has 1 rings (SSSR count). The molecule has 0 spiro atoms. The van der Waals surface area contributed by atoms with Gasteiger partial charge in [0.1, 0.15) is 6.54 Å². The van der Waals surface area contributed by atoms with Gasteiger partial charge >= 0.3 is 0 Å². The van der Waals surface area contributed by atoms with E-state index in [0.29, 0.717) is 6.67 Å². The molecule has 2 N–H and O–H groups in total. The van der Waals surface area contributed by atoms with E-state index in [9.17, 15) is 14.4 Å². The maximum atomic E-state index is 12.3. The van der Waals surface area contributed by atoms with Gasteiger partial charge in [0.25, 0.3) is 0 Å². The molecule has 0 radical (unpaired) electrons. The maximum Gasteiger partial charge on any atom is 0.243 e. The van der Waals surface area contributed by atoms with Gasteiger partial charge in [-0.3, -0.25) is 24.6 Å². The summed E-state index contributed by atoms with van der Waals surface area (Å²) in [4.78, 5) is 37.2. The molecule has 3 amide bonds. The molecule has 0 aromatic carbocycles. The first-order valence-corrected chi connectivity index (χ1v) is 8.91. The van der Waals surface area contributed by atoms with E-state index >= 15 is 0 Å². The van der Waals surface area contributed by atoms with Gasteiger partial charge < -0.3 is 5.32 Å². The van der Waals surface area contributed by atoms with Crippen LogP contribution in [0.25, 0.3) is 0 Å². The first-order chi connectivity index (χ1) is 10.4. The zero-order valence-electron chi connectivity index (χ0n) is 15.0. The lowest BCUT2D eigenvalue weighted by atomic mass is 10.0. The molecule has 1 unspecified atom stereocenters. The van der Waals surface area contributed by atoms with Crippen LogP contribution in [0, 0.1) is 5.41 Å². The van der Waals surface area contributed by atoms with Crippen LogP contribution in [-0.4, -0.2) is 52.4 Å². The van der Waals surface area contributed by atoms with E-state index < -0.39 is 0 Å². The molecule has 1 atom stereocenters. The van der Waals surface area contributed by atoms with Crippen molar-refractivity contribution >= 4 is 29.5 Å². The summed E-state index contributed by atoms with van der Waals surface area (Å²) in [6.07, 6.45) is 0.188. The lowest BCUT2D eigenvalue weighted by Crippen LogP contribution is -2.47. The molecular formula is C16H29N3O3S. The van der Waals surface area contributed by atoms with Gasteiger partial charge in [-0.25, -0.2) is 0 Å². The Kier molecular flexibility index (Phi) is 6.65. The fourth-order valence-corrected chi connectivity index (χ4v) is 3.14. The molecule has 0 aliphatic carbocycles. The summed E-state index contributed by atoms with van der Waals surface area (Å²) < 4.78 is 0. The maximum absolute atomic E-state index is 12.3. The van der Waals surface area contributed by atoms with Gasteiger partial charge in [-0.2, -0.15) is 0 Å². The molecule has 1 aliphatic rings. The molecule has 0 saturated carbocycles. The summed E-state index contributed by atoms with van der Waals surface area (Å²) in [5, 5.41) is 5.44. The number of carbonyl (C=O) groups is 3. The number of nitrogens with one attached hydrogen (secondary N) is 2. The number of thioether (sulfide) groups is 1. The normalized spacial score (nSPS) is 19.4. The second-order valence-electron chi connectivity index (χ2n) is 8.09. The lowest BCUT2D eigenvalue weighted by molar-refractivity contribution is -0.142. The van der Waals surface area contributed by atoms with Crippen LogP contribution in [0.5, 0.6) is 0 Å². The summed E-state index contributed by atoms with van der Waals surface area (Å²) in [5.41, 5.74) is -0.0152. The van der Waals surface area contributed by atoms with E-state index in [4.69, 9.17) is 0 Å². The van der Waals surface area contributed by atoms with E-state index in [0.717, 1.165) is 10.7 Å². The number of carbonyl (C=O) groups excluding carboxylic acids is 3. The fraction of sp³-hybridized carbons (Fsp3) is 0.812. The van der Waals surface area contributed by atoms with E-state index in [1.54, 1.807) is 0 Å². The predicted molar refractivity (Wildman–Crippen MR) is 92.9 cm³/mol. The lowest BCUT2D eigenvalue weighted by Gasteiger charge is -2.21. The highest BCUT2D eigenvalue weighted by atomic mass is 32.2. The zero-order valence-corrected chi connectivity index (χ0v) is 15.8. The quantitative estimate of drug-likeness (QED) is 0.562. The monoisotopic (exact) mass is 343 g/mol. The molecule has 1 fully saturated rings. The molecular weight excluding hydrogens is 314 g/mol. The number of hydrogen-bond donors (Lipinski definition) is 2. The number of hydrogen-bond acceptors (Lipinski definition) is 5. The van der Waals surface area contributed by atoms with Crippen molar-refractivity contribution in [1.82, 2.24) is 15.5 Å². The average Bonchev–Trinajstić information content (AvgIpc) is 2.61. The largest absolute Gasteiger partial charge is 0.342 e. The van der Waals surface area contributed by atoms with Crippen molar-refractivity contribution in [3.8, 4) is 0 Å². The highest BCUT2D eigenvalue weighted by molar-refractivity contribution is 8.00. The Morgan fingerprint density at radius 1 is 1.22 bits per heavy atom. The second kappa shape index (κ2) is 7.66. The molecule has 0 aromatic heterocycles. The first kappa shape index (κ1) is 20.0. The smallest absolute Gasteiger partial charge is 0.243 e. The Morgan fingerprint density at radius 3 is 2.35 bits per heavy atom. The summed E-state index contributed by atoms with van der Waals surface area (Å²) in [5.74, 6) is -0.0416. The predicted octanol–water partition coefficient (Wildman–Crippen LogP) is 1.35. The standard InChI is InChI=1S/C16H29N3O3S/c1-15(2,3)9-23-11-7-13(21)19(14(11)22)8-12(20)17-10-18-16(4,5)6/h11,18H,7-10H2,1-6H3,(H,17,20). The second-order valence-corrected chi connectivity index (χ2v) is 9.28. The van der Waals surface area contributed by atoms with Crippen LogP contribution in [0.4, 0.5) is 0 Å². The molecule has 7 heteroatoms. The minimum atomic E-state index is -0.359. The van der Waals surface area contributed by atoms with Gasteiger partial charge in [-0.05, 0) is 31.9 Å². The SMILES string of the molecule is CC(C)(C)CSC1CC(=O)N(CC(=O)NCNC(C)(C)C)C1=O. The Morgan fingerprint density at radius 2 is 1.83 bits per heavy atom. The highest BCUT2D eigenvalue weighted by Gasteiger charge is 2.40.